The lowest BCUT2D eigenvalue weighted by Crippen LogP contribution is -2.55. The molecular weight excluding hydrogens is 296 g/mol. The molecule has 6 nitrogen and oxygen atoms in total. The van der Waals surface area contributed by atoms with Crippen LogP contribution in [0.25, 0.3) is 0 Å². The molecule has 0 aromatic heterocycles. The molecule has 0 aromatic carbocycles. The summed E-state index contributed by atoms with van der Waals surface area (Å²) in [5.41, 5.74) is -0.536. The van der Waals surface area contributed by atoms with E-state index in [9.17, 15) is 19.2 Å². The normalized spacial score (nSPS) is 22.5. The van der Waals surface area contributed by atoms with Crippen molar-refractivity contribution in [1.82, 2.24) is 9.80 Å². The maximum atomic E-state index is 12.4. The van der Waals surface area contributed by atoms with Gasteiger partial charge in [0.2, 0.25) is 23.6 Å². The number of carbonyl (C=O) groups excluding carboxylic acids is 4. The Balaban J connectivity index is 2.11. The largest absolute Gasteiger partial charge is 0.280 e. The minimum Gasteiger partial charge on any atom is -0.280 e. The maximum absolute atomic E-state index is 12.4. The first kappa shape index (κ1) is 17.6. The Morgan fingerprint density at radius 3 is 1.43 bits per heavy atom. The summed E-state index contributed by atoms with van der Waals surface area (Å²) in [6, 6.07) is -0.151. The third-order valence-corrected chi connectivity index (χ3v) is 4.64. The van der Waals surface area contributed by atoms with Crippen LogP contribution in [0.3, 0.4) is 0 Å². The van der Waals surface area contributed by atoms with Gasteiger partial charge in [-0.1, -0.05) is 0 Å². The minimum absolute atomic E-state index is 0.151. The molecule has 128 valence electrons. The molecule has 0 N–H and O–H groups in total. The molecule has 23 heavy (non-hydrogen) atoms. The second kappa shape index (κ2) is 6.06. The second-order valence-electron chi connectivity index (χ2n) is 7.88. The van der Waals surface area contributed by atoms with Crippen LogP contribution < -0.4 is 0 Å². The average Bonchev–Trinajstić information content (AvgIpc) is 2.34. The van der Waals surface area contributed by atoms with Crippen molar-refractivity contribution in [2.24, 2.45) is 11.8 Å². The predicted octanol–water partition coefficient (Wildman–Crippen LogP) is 1.72. The monoisotopic (exact) mass is 322 g/mol. The zero-order valence-electron chi connectivity index (χ0n) is 14.6. The van der Waals surface area contributed by atoms with Gasteiger partial charge in [0.05, 0.1) is 0 Å². The van der Waals surface area contributed by atoms with E-state index in [-0.39, 0.29) is 67.2 Å². The van der Waals surface area contributed by atoms with Crippen molar-refractivity contribution in [3.8, 4) is 0 Å². The standard InChI is InChI=1S/C17H26N2O4/c1-10(2)18-13(20)6-11(7-14(18)21)12-8-15(22)19(16(23)9-12)17(3,4)5/h10-12H,6-9H2,1-5H3. The third-order valence-electron chi connectivity index (χ3n) is 4.64. The highest BCUT2D eigenvalue weighted by Gasteiger charge is 2.44. The van der Waals surface area contributed by atoms with E-state index in [0.29, 0.717) is 0 Å². The van der Waals surface area contributed by atoms with Gasteiger partial charge in [0, 0.05) is 37.3 Å². The molecular formula is C17H26N2O4. The molecule has 2 aliphatic heterocycles. The SMILES string of the molecule is CC(C)N1C(=O)CC(C2CC(=O)N(C(C)(C)C)C(=O)C2)CC1=O. The third kappa shape index (κ3) is 3.46. The van der Waals surface area contributed by atoms with E-state index in [2.05, 4.69) is 0 Å². The fourth-order valence-electron chi connectivity index (χ4n) is 3.69. The van der Waals surface area contributed by atoms with Gasteiger partial charge in [-0.25, -0.2) is 0 Å². The fourth-order valence-corrected chi connectivity index (χ4v) is 3.69. The van der Waals surface area contributed by atoms with E-state index in [1.165, 1.54) is 9.80 Å². The van der Waals surface area contributed by atoms with Gasteiger partial charge in [-0.2, -0.15) is 0 Å². The van der Waals surface area contributed by atoms with Crippen molar-refractivity contribution in [2.75, 3.05) is 0 Å². The molecule has 2 heterocycles. The molecule has 0 aromatic rings. The van der Waals surface area contributed by atoms with E-state index in [0.717, 1.165) is 0 Å². The summed E-state index contributed by atoms with van der Waals surface area (Å²) in [6.07, 6.45) is 0.946. The van der Waals surface area contributed by atoms with E-state index in [4.69, 9.17) is 0 Å². The molecule has 2 saturated heterocycles. The molecule has 0 aliphatic carbocycles. The van der Waals surface area contributed by atoms with E-state index >= 15 is 0 Å². The Labute approximate surface area is 137 Å². The van der Waals surface area contributed by atoms with E-state index < -0.39 is 5.54 Å². The van der Waals surface area contributed by atoms with Crippen LogP contribution in [-0.2, 0) is 19.2 Å². The quantitative estimate of drug-likeness (QED) is 0.726. The number of carbonyl (C=O) groups is 4. The van der Waals surface area contributed by atoms with Gasteiger partial charge in [-0.05, 0) is 46.5 Å². The zero-order valence-corrected chi connectivity index (χ0v) is 14.6. The summed E-state index contributed by atoms with van der Waals surface area (Å²) in [5, 5.41) is 0. The number of hydrogen-bond donors (Lipinski definition) is 0. The van der Waals surface area contributed by atoms with Crippen molar-refractivity contribution >= 4 is 23.6 Å². The summed E-state index contributed by atoms with van der Waals surface area (Å²) >= 11 is 0. The number of rotatable bonds is 2. The van der Waals surface area contributed by atoms with E-state index in [1.807, 2.05) is 34.6 Å². The van der Waals surface area contributed by atoms with Crippen LogP contribution >= 0.6 is 0 Å². The zero-order chi connectivity index (χ0) is 17.5. The molecule has 0 bridgehead atoms. The summed E-state index contributed by atoms with van der Waals surface area (Å²) in [4.78, 5) is 51.8. The molecule has 0 radical (unpaired) electrons. The van der Waals surface area contributed by atoms with E-state index in [1.54, 1.807) is 0 Å². The van der Waals surface area contributed by atoms with Crippen molar-refractivity contribution in [2.45, 2.75) is 71.9 Å². The Hall–Kier alpha value is -1.72. The van der Waals surface area contributed by atoms with Crippen LogP contribution in [0.15, 0.2) is 0 Å². The van der Waals surface area contributed by atoms with Gasteiger partial charge in [0.1, 0.15) is 0 Å². The van der Waals surface area contributed by atoms with Crippen molar-refractivity contribution in [1.29, 1.82) is 0 Å². The Bertz CT molecular complexity index is 511. The lowest BCUT2D eigenvalue weighted by molar-refractivity contribution is -0.161. The lowest BCUT2D eigenvalue weighted by atomic mass is 9.77. The highest BCUT2D eigenvalue weighted by atomic mass is 16.2. The summed E-state index contributed by atoms with van der Waals surface area (Å²) in [5.74, 6) is -1.22. The molecule has 0 saturated carbocycles. The highest BCUT2D eigenvalue weighted by Crippen LogP contribution is 2.36. The Morgan fingerprint density at radius 2 is 1.13 bits per heavy atom. The number of amides is 4. The molecule has 0 atom stereocenters. The van der Waals surface area contributed by atoms with Crippen LogP contribution in [0.2, 0.25) is 0 Å². The first-order valence-electron chi connectivity index (χ1n) is 8.23. The first-order chi connectivity index (χ1) is 10.5. The van der Waals surface area contributed by atoms with Gasteiger partial charge in [0.15, 0.2) is 0 Å². The number of likely N-dealkylation sites (tertiary alicyclic amines) is 2. The maximum Gasteiger partial charge on any atom is 0.229 e. The summed E-state index contributed by atoms with van der Waals surface area (Å²) < 4.78 is 0. The highest BCUT2D eigenvalue weighted by molar-refractivity contribution is 6.00. The number of imide groups is 2. The number of piperidine rings is 2. The van der Waals surface area contributed by atoms with Crippen LogP contribution in [0, 0.1) is 11.8 Å². The Kier molecular flexibility index (Phi) is 4.64. The van der Waals surface area contributed by atoms with Crippen LogP contribution in [0.4, 0.5) is 0 Å². The minimum atomic E-state index is -0.536. The van der Waals surface area contributed by atoms with Gasteiger partial charge in [0.25, 0.3) is 0 Å². The number of hydrogen-bond acceptors (Lipinski definition) is 4. The second-order valence-corrected chi connectivity index (χ2v) is 7.88. The summed E-state index contributed by atoms with van der Waals surface area (Å²) in [6.45, 7) is 9.11. The molecule has 0 unspecified atom stereocenters. The van der Waals surface area contributed by atoms with Crippen molar-refractivity contribution < 1.29 is 19.2 Å². The molecule has 0 spiro atoms. The van der Waals surface area contributed by atoms with Gasteiger partial charge in [-0.15, -0.1) is 0 Å². The molecule has 6 heteroatoms. The van der Waals surface area contributed by atoms with Crippen LogP contribution in [0.5, 0.6) is 0 Å². The molecule has 2 aliphatic rings. The van der Waals surface area contributed by atoms with Gasteiger partial charge < -0.3 is 0 Å². The van der Waals surface area contributed by atoms with Crippen LogP contribution in [-0.4, -0.2) is 45.0 Å². The van der Waals surface area contributed by atoms with Crippen LogP contribution in [0.1, 0.15) is 60.3 Å². The smallest absolute Gasteiger partial charge is 0.229 e. The molecule has 4 amide bonds. The topological polar surface area (TPSA) is 74.8 Å². The lowest BCUT2D eigenvalue weighted by Gasteiger charge is -2.42. The van der Waals surface area contributed by atoms with Crippen molar-refractivity contribution in [3.05, 3.63) is 0 Å². The fraction of sp³-hybridized carbons (Fsp3) is 0.765. The summed E-state index contributed by atoms with van der Waals surface area (Å²) in [7, 11) is 0. The predicted molar refractivity (Wildman–Crippen MR) is 84.0 cm³/mol. The Morgan fingerprint density at radius 1 is 0.783 bits per heavy atom. The van der Waals surface area contributed by atoms with Crippen molar-refractivity contribution in [3.63, 3.8) is 0 Å². The molecule has 2 fully saturated rings. The molecule has 2 rings (SSSR count). The average molecular weight is 322 g/mol. The van der Waals surface area contributed by atoms with Gasteiger partial charge in [-0.3, -0.25) is 29.0 Å². The first-order valence-corrected chi connectivity index (χ1v) is 8.23. The van der Waals surface area contributed by atoms with Gasteiger partial charge >= 0.3 is 0 Å². The number of nitrogens with zero attached hydrogens (tertiary/aromatic N) is 2.